The van der Waals surface area contributed by atoms with Gasteiger partial charge in [0, 0.05) is 38.8 Å². The largest absolute Gasteiger partial charge is 0.417 e. The van der Waals surface area contributed by atoms with E-state index >= 15 is 0 Å². The molecule has 0 aliphatic carbocycles. The molecule has 1 aromatic rings. The van der Waals surface area contributed by atoms with Crippen LogP contribution in [0.25, 0.3) is 0 Å². The van der Waals surface area contributed by atoms with Crippen molar-refractivity contribution in [3.63, 3.8) is 0 Å². The van der Waals surface area contributed by atoms with Gasteiger partial charge in [-0.1, -0.05) is 17.7 Å². The van der Waals surface area contributed by atoms with Gasteiger partial charge in [-0.2, -0.15) is 13.2 Å². The third-order valence-corrected chi connectivity index (χ3v) is 5.18. The predicted molar refractivity (Wildman–Crippen MR) is 89.5 cm³/mol. The SMILES string of the molecule is O=C1NCCCN1C1CCN(Cc2ccc(Cl)c(C(F)(F)F)c2)CC1. The van der Waals surface area contributed by atoms with Crippen LogP contribution in [0.5, 0.6) is 0 Å². The van der Waals surface area contributed by atoms with Gasteiger partial charge in [0.05, 0.1) is 10.6 Å². The van der Waals surface area contributed by atoms with Crippen LogP contribution in [0.3, 0.4) is 0 Å². The number of carbonyl (C=O) groups excluding carboxylic acids is 1. The molecule has 0 spiro atoms. The van der Waals surface area contributed by atoms with Crippen LogP contribution in [-0.2, 0) is 12.7 Å². The molecule has 0 saturated carbocycles. The molecule has 138 valence electrons. The van der Waals surface area contributed by atoms with Crippen molar-refractivity contribution in [3.8, 4) is 0 Å². The van der Waals surface area contributed by atoms with Gasteiger partial charge in [-0.05, 0) is 37.0 Å². The number of alkyl halides is 3. The van der Waals surface area contributed by atoms with Crippen molar-refractivity contribution < 1.29 is 18.0 Å². The fraction of sp³-hybridized carbons (Fsp3) is 0.588. The minimum absolute atomic E-state index is 0.00257. The summed E-state index contributed by atoms with van der Waals surface area (Å²) in [7, 11) is 0. The van der Waals surface area contributed by atoms with E-state index in [1.54, 1.807) is 6.07 Å². The normalized spacial score (nSPS) is 20.6. The monoisotopic (exact) mass is 375 g/mol. The van der Waals surface area contributed by atoms with Crippen LogP contribution in [0.2, 0.25) is 5.02 Å². The highest BCUT2D eigenvalue weighted by Gasteiger charge is 2.34. The number of nitrogens with one attached hydrogen (secondary N) is 1. The molecule has 1 N–H and O–H groups in total. The topological polar surface area (TPSA) is 35.6 Å². The molecule has 0 unspecified atom stereocenters. The number of hydrogen-bond donors (Lipinski definition) is 1. The van der Waals surface area contributed by atoms with E-state index in [0.717, 1.165) is 51.5 Å². The molecule has 4 nitrogen and oxygen atoms in total. The second kappa shape index (κ2) is 7.41. The van der Waals surface area contributed by atoms with E-state index < -0.39 is 11.7 Å². The number of urea groups is 1. The maximum absolute atomic E-state index is 13.0. The van der Waals surface area contributed by atoms with Crippen LogP contribution in [0.4, 0.5) is 18.0 Å². The zero-order valence-electron chi connectivity index (χ0n) is 13.8. The van der Waals surface area contributed by atoms with Crippen LogP contribution in [-0.4, -0.2) is 48.1 Å². The Balaban J connectivity index is 1.58. The van der Waals surface area contributed by atoms with Gasteiger partial charge in [-0.15, -0.1) is 0 Å². The summed E-state index contributed by atoms with van der Waals surface area (Å²) in [5, 5.41) is 2.59. The molecule has 0 bridgehead atoms. The quantitative estimate of drug-likeness (QED) is 0.873. The number of likely N-dealkylation sites (tertiary alicyclic amines) is 1. The Kier molecular flexibility index (Phi) is 5.43. The first-order valence-electron chi connectivity index (χ1n) is 8.47. The van der Waals surface area contributed by atoms with Gasteiger partial charge in [0.25, 0.3) is 0 Å². The maximum atomic E-state index is 13.0. The number of hydrogen-bond acceptors (Lipinski definition) is 2. The minimum atomic E-state index is -4.44. The van der Waals surface area contributed by atoms with E-state index in [2.05, 4.69) is 10.2 Å². The van der Waals surface area contributed by atoms with Gasteiger partial charge in [0.1, 0.15) is 0 Å². The number of piperidine rings is 1. The van der Waals surface area contributed by atoms with Gasteiger partial charge in [-0.25, -0.2) is 4.79 Å². The number of halogens is 4. The highest BCUT2D eigenvalue weighted by atomic mass is 35.5. The van der Waals surface area contributed by atoms with Crippen molar-refractivity contribution >= 4 is 17.6 Å². The first-order valence-corrected chi connectivity index (χ1v) is 8.85. The minimum Gasteiger partial charge on any atom is -0.338 e. The summed E-state index contributed by atoms with van der Waals surface area (Å²) in [6.07, 6.45) is -1.81. The Bertz CT molecular complexity index is 630. The van der Waals surface area contributed by atoms with Crippen molar-refractivity contribution in [2.75, 3.05) is 26.2 Å². The van der Waals surface area contributed by atoms with Crippen molar-refractivity contribution in [2.24, 2.45) is 0 Å². The third kappa shape index (κ3) is 4.39. The molecule has 2 saturated heterocycles. The summed E-state index contributed by atoms with van der Waals surface area (Å²) in [6.45, 7) is 3.49. The molecule has 25 heavy (non-hydrogen) atoms. The number of carbonyl (C=O) groups is 1. The van der Waals surface area contributed by atoms with E-state index in [0.29, 0.717) is 12.1 Å². The van der Waals surface area contributed by atoms with Gasteiger partial charge in [0.2, 0.25) is 0 Å². The van der Waals surface area contributed by atoms with Crippen LogP contribution in [0.1, 0.15) is 30.4 Å². The first kappa shape index (κ1) is 18.3. The molecule has 0 radical (unpaired) electrons. The number of nitrogens with zero attached hydrogens (tertiary/aromatic N) is 2. The highest BCUT2D eigenvalue weighted by molar-refractivity contribution is 6.31. The molecule has 2 heterocycles. The zero-order valence-corrected chi connectivity index (χ0v) is 14.5. The second-order valence-corrected chi connectivity index (χ2v) is 7.01. The lowest BCUT2D eigenvalue weighted by molar-refractivity contribution is -0.137. The van der Waals surface area contributed by atoms with Crippen molar-refractivity contribution in [1.82, 2.24) is 15.1 Å². The molecular weight excluding hydrogens is 355 g/mol. The van der Waals surface area contributed by atoms with Gasteiger partial charge < -0.3 is 10.2 Å². The standard InChI is InChI=1S/C17H21ClF3N3O/c18-15-3-2-12(10-14(15)17(19,20)21)11-23-8-4-13(5-9-23)24-7-1-6-22-16(24)25/h2-3,10,13H,1,4-9,11H2,(H,22,25). The van der Waals surface area contributed by atoms with Crippen LogP contribution in [0.15, 0.2) is 18.2 Å². The Hall–Kier alpha value is -1.47. The van der Waals surface area contributed by atoms with Crippen LogP contribution in [0, 0.1) is 0 Å². The highest BCUT2D eigenvalue weighted by Crippen LogP contribution is 2.35. The summed E-state index contributed by atoms with van der Waals surface area (Å²) in [5.74, 6) is 0. The average Bonchev–Trinajstić information content (AvgIpc) is 2.57. The Morgan fingerprint density at radius 3 is 2.56 bits per heavy atom. The smallest absolute Gasteiger partial charge is 0.338 e. The summed E-state index contributed by atoms with van der Waals surface area (Å²) in [6, 6.07) is 4.29. The summed E-state index contributed by atoms with van der Waals surface area (Å²) in [4.78, 5) is 15.9. The number of rotatable bonds is 3. The Morgan fingerprint density at radius 1 is 1.20 bits per heavy atom. The molecule has 0 aromatic heterocycles. The van der Waals surface area contributed by atoms with Gasteiger partial charge in [-0.3, -0.25) is 4.90 Å². The number of benzene rings is 1. The Morgan fingerprint density at radius 2 is 1.92 bits per heavy atom. The maximum Gasteiger partial charge on any atom is 0.417 e. The van der Waals surface area contributed by atoms with E-state index in [9.17, 15) is 18.0 Å². The molecule has 2 amide bonds. The summed E-state index contributed by atoms with van der Waals surface area (Å²) >= 11 is 5.67. The first-order chi connectivity index (χ1) is 11.8. The molecule has 3 rings (SSSR count). The molecule has 2 aliphatic heterocycles. The van der Waals surface area contributed by atoms with Gasteiger partial charge >= 0.3 is 12.2 Å². The van der Waals surface area contributed by atoms with Crippen molar-refractivity contribution in [2.45, 2.75) is 38.0 Å². The average molecular weight is 376 g/mol. The van der Waals surface area contributed by atoms with E-state index in [1.807, 2.05) is 4.90 Å². The van der Waals surface area contributed by atoms with E-state index in [-0.39, 0.29) is 17.1 Å². The number of amides is 2. The van der Waals surface area contributed by atoms with Crippen molar-refractivity contribution in [1.29, 1.82) is 0 Å². The molecule has 0 atom stereocenters. The molecule has 8 heteroatoms. The lowest BCUT2D eigenvalue weighted by Crippen LogP contribution is -2.54. The fourth-order valence-corrected chi connectivity index (χ4v) is 3.76. The Labute approximate surface area is 149 Å². The fourth-order valence-electron chi connectivity index (χ4n) is 3.53. The molecule has 2 aliphatic rings. The van der Waals surface area contributed by atoms with Crippen LogP contribution < -0.4 is 5.32 Å². The lowest BCUT2D eigenvalue weighted by Gasteiger charge is -2.40. The molecular formula is C17H21ClF3N3O. The van der Waals surface area contributed by atoms with Gasteiger partial charge in [0.15, 0.2) is 0 Å². The second-order valence-electron chi connectivity index (χ2n) is 6.60. The molecule has 2 fully saturated rings. The summed E-state index contributed by atoms with van der Waals surface area (Å²) in [5.41, 5.74) is -0.183. The van der Waals surface area contributed by atoms with E-state index in [1.165, 1.54) is 6.07 Å². The van der Waals surface area contributed by atoms with Crippen molar-refractivity contribution in [3.05, 3.63) is 34.3 Å². The zero-order chi connectivity index (χ0) is 18.0. The third-order valence-electron chi connectivity index (χ3n) is 4.85. The van der Waals surface area contributed by atoms with Crippen LogP contribution >= 0.6 is 11.6 Å². The predicted octanol–water partition coefficient (Wildman–Crippen LogP) is 3.74. The molecule has 1 aromatic carbocycles. The summed E-state index contributed by atoms with van der Waals surface area (Å²) < 4.78 is 38.9. The van der Waals surface area contributed by atoms with E-state index in [4.69, 9.17) is 11.6 Å². The lowest BCUT2D eigenvalue weighted by atomic mass is 10.0.